The SMILES string of the molecule is Cc1cccc(-c2cccc(-n3c4ccccc4c4cc(-c5ccc6c(c5)c5ccccc5n6-c5cccc6c5C(c5ccccc5)(c5ccccc5)c5ccccc5-6)ccc43)c2)c1. The van der Waals surface area contributed by atoms with Crippen molar-refractivity contribution in [2.24, 2.45) is 0 Å². The Morgan fingerprint density at radius 1 is 0.328 bits per heavy atom. The van der Waals surface area contributed by atoms with Gasteiger partial charge in [-0.3, -0.25) is 0 Å². The minimum absolute atomic E-state index is 0.529. The smallest absolute Gasteiger partial charge is 0.0734 e. The van der Waals surface area contributed by atoms with Crippen molar-refractivity contribution in [2.45, 2.75) is 12.3 Å². The van der Waals surface area contributed by atoms with E-state index in [1.165, 1.54) is 110 Å². The fourth-order valence-corrected chi connectivity index (χ4v) is 11.2. The number of aromatic nitrogens is 2. The molecule has 0 bridgehead atoms. The van der Waals surface area contributed by atoms with Crippen LogP contribution in [0.1, 0.15) is 27.8 Å². The molecule has 64 heavy (non-hydrogen) atoms. The van der Waals surface area contributed by atoms with Gasteiger partial charge in [0.05, 0.1) is 33.2 Å². The van der Waals surface area contributed by atoms with Crippen molar-refractivity contribution in [1.82, 2.24) is 9.13 Å². The van der Waals surface area contributed by atoms with Gasteiger partial charge in [0, 0.05) is 32.8 Å². The summed E-state index contributed by atoms with van der Waals surface area (Å²) in [6.45, 7) is 2.16. The second kappa shape index (κ2) is 14.2. The first kappa shape index (κ1) is 36.5. The summed E-state index contributed by atoms with van der Waals surface area (Å²) in [7, 11) is 0. The number of benzene rings is 10. The molecule has 0 radical (unpaired) electrons. The van der Waals surface area contributed by atoms with Crippen molar-refractivity contribution in [3.8, 4) is 44.8 Å². The van der Waals surface area contributed by atoms with Crippen LogP contribution in [0.15, 0.2) is 237 Å². The lowest BCUT2D eigenvalue weighted by Crippen LogP contribution is -2.29. The van der Waals surface area contributed by atoms with Gasteiger partial charge in [-0.25, -0.2) is 0 Å². The number of fused-ring (bicyclic) bond motifs is 9. The molecule has 10 aromatic carbocycles. The number of nitrogens with zero attached hydrogens (tertiary/aromatic N) is 2. The fraction of sp³-hybridized carbons (Fsp3) is 0.0323. The molecule has 2 aromatic heterocycles. The van der Waals surface area contributed by atoms with E-state index in [4.69, 9.17) is 0 Å². The summed E-state index contributed by atoms with van der Waals surface area (Å²) in [5, 5.41) is 4.97. The second-order valence-electron chi connectivity index (χ2n) is 17.3. The van der Waals surface area contributed by atoms with Crippen LogP contribution < -0.4 is 0 Å². The van der Waals surface area contributed by atoms with Gasteiger partial charge in [0.1, 0.15) is 0 Å². The van der Waals surface area contributed by atoms with Crippen LogP contribution in [0, 0.1) is 6.92 Å². The van der Waals surface area contributed by atoms with Gasteiger partial charge in [0.15, 0.2) is 0 Å². The average molecular weight is 815 g/mol. The van der Waals surface area contributed by atoms with E-state index in [0.717, 1.165) is 5.69 Å². The van der Waals surface area contributed by atoms with Gasteiger partial charge in [0.25, 0.3) is 0 Å². The minimum atomic E-state index is -0.529. The zero-order valence-electron chi connectivity index (χ0n) is 35.4. The third kappa shape index (κ3) is 5.26. The van der Waals surface area contributed by atoms with Crippen LogP contribution in [-0.4, -0.2) is 9.13 Å². The van der Waals surface area contributed by atoms with Crippen LogP contribution in [0.5, 0.6) is 0 Å². The molecule has 12 aromatic rings. The number of hydrogen-bond acceptors (Lipinski definition) is 0. The monoisotopic (exact) mass is 814 g/mol. The Kier molecular flexibility index (Phi) is 8.07. The summed E-state index contributed by atoms with van der Waals surface area (Å²) in [5.41, 5.74) is 20.4. The predicted molar refractivity (Wildman–Crippen MR) is 268 cm³/mol. The van der Waals surface area contributed by atoms with Gasteiger partial charge in [0.2, 0.25) is 0 Å². The van der Waals surface area contributed by atoms with Gasteiger partial charge in [-0.15, -0.1) is 0 Å². The third-order valence-corrected chi connectivity index (χ3v) is 13.8. The molecule has 0 fully saturated rings. The number of rotatable bonds is 6. The molecule has 0 spiro atoms. The molecule has 0 unspecified atom stereocenters. The molecule has 1 aliphatic carbocycles. The van der Waals surface area contributed by atoms with Crippen molar-refractivity contribution in [3.63, 3.8) is 0 Å². The van der Waals surface area contributed by atoms with E-state index in [-0.39, 0.29) is 0 Å². The molecule has 0 saturated carbocycles. The van der Waals surface area contributed by atoms with Crippen molar-refractivity contribution >= 4 is 43.6 Å². The molecule has 2 nitrogen and oxygen atoms in total. The minimum Gasteiger partial charge on any atom is -0.309 e. The Morgan fingerprint density at radius 2 is 0.828 bits per heavy atom. The molecule has 300 valence electrons. The van der Waals surface area contributed by atoms with Crippen LogP contribution in [-0.2, 0) is 5.41 Å². The van der Waals surface area contributed by atoms with Crippen LogP contribution in [0.4, 0.5) is 0 Å². The van der Waals surface area contributed by atoms with Crippen molar-refractivity contribution in [2.75, 3.05) is 0 Å². The van der Waals surface area contributed by atoms with Crippen molar-refractivity contribution in [3.05, 3.63) is 264 Å². The lowest BCUT2D eigenvalue weighted by atomic mass is 9.67. The summed E-state index contributed by atoms with van der Waals surface area (Å²) in [6.07, 6.45) is 0. The Morgan fingerprint density at radius 3 is 1.50 bits per heavy atom. The Bertz CT molecular complexity index is 3750. The zero-order valence-corrected chi connectivity index (χ0v) is 35.4. The average Bonchev–Trinajstić information content (AvgIpc) is 3.98. The maximum Gasteiger partial charge on any atom is 0.0734 e. The molecular formula is C62H42N2. The lowest BCUT2D eigenvalue weighted by Gasteiger charge is -2.35. The molecule has 1 aliphatic rings. The summed E-state index contributed by atoms with van der Waals surface area (Å²) in [4.78, 5) is 0. The highest BCUT2D eigenvalue weighted by Crippen LogP contribution is 2.58. The number of aryl methyl sites for hydroxylation is 1. The number of para-hydroxylation sites is 2. The standard InChI is InChI=1S/C62H42N2/c1-41-17-14-18-42(37-41)43-19-15-24-48(38-43)63-56-30-12-9-26-50(56)53-39-44(33-35-58(53)63)45-34-36-59-54(40-45)51-27-10-13-31-57(51)64(59)60-32-16-28-52-49-25-8-11-29-55(49)62(61(52)60,46-20-4-2-5-21-46)47-22-6-3-7-23-47/h2-40H,1H3. The zero-order chi connectivity index (χ0) is 42.4. The summed E-state index contributed by atoms with van der Waals surface area (Å²) in [5.74, 6) is 0. The molecule has 0 amide bonds. The Balaban J connectivity index is 1.01. The molecule has 13 rings (SSSR count). The van der Waals surface area contributed by atoms with E-state index in [0.29, 0.717) is 0 Å². The molecule has 0 N–H and O–H groups in total. The first-order valence-corrected chi connectivity index (χ1v) is 22.3. The predicted octanol–water partition coefficient (Wildman–Crippen LogP) is 15.9. The molecule has 0 saturated heterocycles. The third-order valence-electron chi connectivity index (χ3n) is 13.8. The van der Waals surface area contributed by atoms with E-state index < -0.39 is 5.41 Å². The van der Waals surface area contributed by atoms with Crippen LogP contribution >= 0.6 is 0 Å². The Labute approximate surface area is 372 Å². The molecule has 2 heteroatoms. The van der Waals surface area contributed by atoms with Crippen LogP contribution in [0.25, 0.3) is 88.4 Å². The maximum atomic E-state index is 2.53. The lowest BCUT2D eigenvalue weighted by molar-refractivity contribution is 0.762. The first-order valence-electron chi connectivity index (χ1n) is 22.3. The molecule has 0 aliphatic heterocycles. The first-order chi connectivity index (χ1) is 31.7. The maximum absolute atomic E-state index is 2.53. The second-order valence-corrected chi connectivity index (χ2v) is 17.3. The van der Waals surface area contributed by atoms with Gasteiger partial charge in [-0.05, 0) is 112 Å². The highest BCUT2D eigenvalue weighted by atomic mass is 15.0. The van der Waals surface area contributed by atoms with E-state index in [1.807, 2.05) is 0 Å². The van der Waals surface area contributed by atoms with Gasteiger partial charge >= 0.3 is 0 Å². The van der Waals surface area contributed by atoms with E-state index in [1.54, 1.807) is 0 Å². The fourth-order valence-electron chi connectivity index (χ4n) is 11.2. The van der Waals surface area contributed by atoms with E-state index in [2.05, 4.69) is 253 Å². The van der Waals surface area contributed by atoms with Crippen molar-refractivity contribution in [1.29, 1.82) is 0 Å². The summed E-state index contributed by atoms with van der Waals surface area (Å²) in [6, 6.07) is 87.7. The van der Waals surface area contributed by atoms with Crippen LogP contribution in [0.3, 0.4) is 0 Å². The quantitative estimate of drug-likeness (QED) is 0.158. The van der Waals surface area contributed by atoms with Crippen molar-refractivity contribution < 1.29 is 0 Å². The molecule has 2 heterocycles. The number of hydrogen-bond donors (Lipinski definition) is 0. The van der Waals surface area contributed by atoms with E-state index in [9.17, 15) is 0 Å². The summed E-state index contributed by atoms with van der Waals surface area (Å²) < 4.78 is 4.95. The van der Waals surface area contributed by atoms with Gasteiger partial charge in [-0.1, -0.05) is 188 Å². The molecular weight excluding hydrogens is 773 g/mol. The largest absolute Gasteiger partial charge is 0.309 e. The molecule has 0 atom stereocenters. The van der Waals surface area contributed by atoms with Gasteiger partial charge < -0.3 is 9.13 Å². The van der Waals surface area contributed by atoms with Crippen LogP contribution in [0.2, 0.25) is 0 Å². The highest BCUT2D eigenvalue weighted by molar-refractivity contribution is 6.13. The Hall–Kier alpha value is -8.20. The summed E-state index contributed by atoms with van der Waals surface area (Å²) >= 11 is 0. The highest BCUT2D eigenvalue weighted by Gasteiger charge is 2.48. The van der Waals surface area contributed by atoms with Gasteiger partial charge in [-0.2, -0.15) is 0 Å². The normalized spacial score (nSPS) is 12.9. The topological polar surface area (TPSA) is 9.86 Å². The van der Waals surface area contributed by atoms with E-state index >= 15 is 0 Å².